The number of carbonyl (C=O) groups is 1. The van der Waals surface area contributed by atoms with Crippen molar-refractivity contribution in [3.8, 4) is 0 Å². The van der Waals surface area contributed by atoms with Crippen molar-refractivity contribution in [3.05, 3.63) is 106 Å². The van der Waals surface area contributed by atoms with Gasteiger partial charge in [-0.1, -0.05) is 42.5 Å². The van der Waals surface area contributed by atoms with Gasteiger partial charge in [0, 0.05) is 16.1 Å². The number of pyridine rings is 1. The molecule has 5 rings (SSSR count). The molecular weight excluding hydrogens is 494 g/mol. The summed E-state index contributed by atoms with van der Waals surface area (Å²) < 4.78 is 29.5. The molecule has 0 saturated carbocycles. The Balaban J connectivity index is 1.83. The molecular formula is C23H14BrN3O4S. The Morgan fingerprint density at radius 2 is 1.53 bits per heavy atom. The molecule has 0 fully saturated rings. The normalized spacial score (nSPS) is 11.8. The second-order valence-corrected chi connectivity index (χ2v) is 9.60. The summed E-state index contributed by atoms with van der Waals surface area (Å²) in [7, 11) is -4.37. The smallest absolute Gasteiger partial charge is 0.268 e. The second kappa shape index (κ2) is 7.54. The fraction of sp³-hybridized carbons (Fsp3) is 0. The van der Waals surface area contributed by atoms with Gasteiger partial charge in [0.05, 0.1) is 22.1 Å². The average molecular weight is 508 g/mol. The Labute approximate surface area is 190 Å². The van der Waals surface area contributed by atoms with Crippen molar-refractivity contribution < 1.29 is 13.2 Å². The van der Waals surface area contributed by atoms with Gasteiger partial charge in [-0.15, -0.1) is 0 Å². The van der Waals surface area contributed by atoms with E-state index in [0.29, 0.717) is 13.8 Å². The zero-order valence-corrected chi connectivity index (χ0v) is 18.7. The third kappa shape index (κ3) is 3.01. The van der Waals surface area contributed by atoms with Crippen molar-refractivity contribution in [2.45, 2.75) is 4.90 Å². The molecule has 2 heterocycles. The highest BCUT2D eigenvalue weighted by molar-refractivity contribution is 9.10. The molecule has 0 amide bonds. The van der Waals surface area contributed by atoms with E-state index in [-0.39, 0.29) is 27.0 Å². The van der Waals surface area contributed by atoms with Crippen molar-refractivity contribution >= 4 is 53.8 Å². The highest BCUT2D eigenvalue weighted by atomic mass is 79.9. The summed E-state index contributed by atoms with van der Waals surface area (Å²) in [5.74, 6) is -0.635. The van der Waals surface area contributed by atoms with E-state index in [1.165, 1.54) is 18.3 Å². The van der Waals surface area contributed by atoms with Crippen LogP contribution >= 0.6 is 15.9 Å². The minimum atomic E-state index is -4.37. The molecule has 9 heteroatoms. The predicted molar refractivity (Wildman–Crippen MR) is 124 cm³/mol. The third-order valence-electron chi connectivity index (χ3n) is 5.13. The average Bonchev–Trinajstić information content (AvgIpc) is 3.11. The first-order chi connectivity index (χ1) is 15.4. The summed E-state index contributed by atoms with van der Waals surface area (Å²) in [6.07, 6.45) is 1.49. The fourth-order valence-electron chi connectivity index (χ4n) is 3.69. The highest BCUT2D eigenvalue weighted by Gasteiger charge is 2.29. The van der Waals surface area contributed by atoms with Crippen LogP contribution in [0, 0.1) is 0 Å². The molecule has 0 aliphatic carbocycles. The maximum atomic E-state index is 13.7. The van der Waals surface area contributed by atoms with Crippen LogP contribution in [0.4, 0.5) is 0 Å². The van der Waals surface area contributed by atoms with Crippen LogP contribution in [-0.2, 0) is 10.0 Å². The van der Waals surface area contributed by atoms with Gasteiger partial charge in [-0.25, -0.2) is 17.8 Å². The van der Waals surface area contributed by atoms with Gasteiger partial charge < -0.3 is 0 Å². The largest absolute Gasteiger partial charge is 0.350 e. The molecule has 2 aromatic heterocycles. The van der Waals surface area contributed by atoms with E-state index < -0.39 is 21.6 Å². The van der Waals surface area contributed by atoms with Gasteiger partial charge in [0.1, 0.15) is 4.90 Å². The van der Waals surface area contributed by atoms with Crippen molar-refractivity contribution in [2.75, 3.05) is 0 Å². The minimum Gasteiger partial charge on any atom is -0.268 e. The summed E-state index contributed by atoms with van der Waals surface area (Å²) in [6.45, 7) is 0. The van der Waals surface area contributed by atoms with Gasteiger partial charge in [0.15, 0.2) is 0 Å². The lowest BCUT2D eigenvalue weighted by Gasteiger charge is -2.08. The zero-order valence-electron chi connectivity index (χ0n) is 16.3. The first-order valence-corrected chi connectivity index (χ1v) is 11.8. The highest BCUT2D eigenvalue weighted by Crippen LogP contribution is 2.26. The van der Waals surface area contributed by atoms with Crippen molar-refractivity contribution in [3.63, 3.8) is 0 Å². The number of nitrogens with zero attached hydrogens (tertiary/aromatic N) is 3. The SMILES string of the molecule is O=C(c1ccccc1Br)n1c(=O)n(S(=O)(=O)c2cccc3cccnc23)c2ccccc21. The summed E-state index contributed by atoms with van der Waals surface area (Å²) in [5, 5.41) is 0.620. The quantitative estimate of drug-likeness (QED) is 0.367. The zero-order chi connectivity index (χ0) is 22.5. The molecule has 158 valence electrons. The third-order valence-corrected chi connectivity index (χ3v) is 7.54. The molecule has 32 heavy (non-hydrogen) atoms. The van der Waals surface area contributed by atoms with Gasteiger partial charge in [0.2, 0.25) is 0 Å². The number of hydrogen-bond acceptors (Lipinski definition) is 5. The number of aromatic nitrogens is 3. The Bertz CT molecular complexity index is 1700. The Morgan fingerprint density at radius 3 is 2.31 bits per heavy atom. The van der Waals surface area contributed by atoms with Crippen LogP contribution in [0.5, 0.6) is 0 Å². The van der Waals surface area contributed by atoms with Crippen molar-refractivity contribution in [1.82, 2.24) is 13.5 Å². The molecule has 0 saturated heterocycles. The fourth-order valence-corrected chi connectivity index (χ4v) is 5.71. The van der Waals surface area contributed by atoms with E-state index in [2.05, 4.69) is 20.9 Å². The molecule has 0 aliphatic rings. The van der Waals surface area contributed by atoms with Gasteiger partial charge in [-0.05, 0) is 52.3 Å². The molecule has 0 spiro atoms. The molecule has 3 aromatic carbocycles. The molecule has 0 radical (unpaired) electrons. The number of fused-ring (bicyclic) bond motifs is 2. The Morgan fingerprint density at radius 1 is 0.844 bits per heavy atom. The second-order valence-electron chi connectivity index (χ2n) is 6.99. The summed E-state index contributed by atoms with van der Waals surface area (Å²) in [5.41, 5.74) is -0.196. The number of halogens is 1. The number of hydrogen-bond donors (Lipinski definition) is 0. The van der Waals surface area contributed by atoms with Gasteiger partial charge >= 0.3 is 5.69 Å². The Kier molecular flexibility index (Phi) is 4.79. The predicted octanol–water partition coefficient (Wildman–Crippen LogP) is 4.04. The Hall–Kier alpha value is -3.56. The number of rotatable bonds is 3. The van der Waals surface area contributed by atoms with Crippen LogP contribution in [0.3, 0.4) is 0 Å². The van der Waals surface area contributed by atoms with Crippen LogP contribution in [0.1, 0.15) is 10.4 Å². The van der Waals surface area contributed by atoms with E-state index in [1.54, 1.807) is 66.7 Å². The first kappa shape index (κ1) is 20.3. The van der Waals surface area contributed by atoms with E-state index in [0.717, 1.165) is 4.57 Å². The number of imidazole rings is 1. The van der Waals surface area contributed by atoms with E-state index in [4.69, 9.17) is 0 Å². The molecule has 5 aromatic rings. The summed E-state index contributed by atoms with van der Waals surface area (Å²) in [6, 6.07) is 21.1. The van der Waals surface area contributed by atoms with Gasteiger partial charge in [0.25, 0.3) is 15.9 Å². The number of benzene rings is 3. The maximum absolute atomic E-state index is 13.7. The molecule has 0 atom stereocenters. The number of carbonyl (C=O) groups excluding carboxylic acids is 1. The van der Waals surface area contributed by atoms with Crippen LogP contribution in [0.25, 0.3) is 21.9 Å². The topological polar surface area (TPSA) is 91.0 Å². The van der Waals surface area contributed by atoms with E-state index >= 15 is 0 Å². The summed E-state index contributed by atoms with van der Waals surface area (Å²) in [4.78, 5) is 30.9. The molecule has 7 nitrogen and oxygen atoms in total. The molecule has 0 aliphatic heterocycles. The lowest BCUT2D eigenvalue weighted by Crippen LogP contribution is -2.33. The lowest BCUT2D eigenvalue weighted by molar-refractivity contribution is 0.0960. The van der Waals surface area contributed by atoms with Crippen LogP contribution in [0.15, 0.2) is 99.2 Å². The minimum absolute atomic E-state index is 0.103. The van der Waals surface area contributed by atoms with Crippen LogP contribution in [-0.4, -0.2) is 27.8 Å². The monoisotopic (exact) mass is 507 g/mol. The van der Waals surface area contributed by atoms with Crippen molar-refractivity contribution in [2.24, 2.45) is 0 Å². The van der Waals surface area contributed by atoms with Crippen LogP contribution < -0.4 is 5.69 Å². The standard InChI is InChI=1S/C23H14BrN3O4S/c24-17-10-2-1-9-16(17)22(28)26-18-11-3-4-12-19(18)27(23(26)29)32(30,31)20-13-5-7-15-8-6-14-25-21(15)20/h1-14H. The molecule has 0 bridgehead atoms. The van der Waals surface area contributed by atoms with Crippen molar-refractivity contribution in [1.29, 1.82) is 0 Å². The lowest BCUT2D eigenvalue weighted by atomic mass is 10.2. The van der Waals surface area contributed by atoms with Gasteiger partial charge in [-0.2, -0.15) is 3.97 Å². The summed E-state index contributed by atoms with van der Waals surface area (Å²) >= 11 is 3.32. The molecule has 0 unspecified atom stereocenters. The molecule has 0 N–H and O–H groups in total. The van der Waals surface area contributed by atoms with Crippen LogP contribution in [0.2, 0.25) is 0 Å². The van der Waals surface area contributed by atoms with E-state index in [1.807, 2.05) is 0 Å². The maximum Gasteiger partial charge on any atom is 0.350 e. The van der Waals surface area contributed by atoms with E-state index in [9.17, 15) is 18.0 Å². The number of para-hydroxylation sites is 3. The first-order valence-electron chi connectivity index (χ1n) is 9.52. The van der Waals surface area contributed by atoms with Gasteiger partial charge in [-0.3, -0.25) is 9.78 Å².